The van der Waals surface area contributed by atoms with Crippen LogP contribution in [-0.4, -0.2) is 4.98 Å². The van der Waals surface area contributed by atoms with Gasteiger partial charge >= 0.3 is 0 Å². The predicted octanol–water partition coefficient (Wildman–Crippen LogP) is 3.33. The standard InChI is InChI=1S/C15H12N4O/c1-9-18-14-7-11(3-5-15(14)20-9)19-13-6-10(8-16)2-4-12(13)17/h2-7,19H,17H2,1H3. The van der Waals surface area contributed by atoms with Gasteiger partial charge in [-0.2, -0.15) is 5.26 Å². The van der Waals surface area contributed by atoms with E-state index in [1.807, 2.05) is 25.1 Å². The van der Waals surface area contributed by atoms with Crippen molar-refractivity contribution in [3.8, 4) is 6.07 Å². The molecule has 1 heterocycles. The lowest BCUT2D eigenvalue weighted by Gasteiger charge is -2.09. The zero-order valence-corrected chi connectivity index (χ0v) is 10.8. The summed E-state index contributed by atoms with van der Waals surface area (Å²) in [4.78, 5) is 4.28. The first kappa shape index (κ1) is 12.1. The van der Waals surface area contributed by atoms with E-state index in [4.69, 9.17) is 15.4 Å². The average Bonchev–Trinajstić information content (AvgIpc) is 2.80. The van der Waals surface area contributed by atoms with Crippen LogP contribution in [0.3, 0.4) is 0 Å². The van der Waals surface area contributed by atoms with Crippen LogP contribution in [0.4, 0.5) is 17.1 Å². The second-order valence-electron chi connectivity index (χ2n) is 4.45. The molecular weight excluding hydrogens is 252 g/mol. The van der Waals surface area contributed by atoms with Crippen LogP contribution in [0.2, 0.25) is 0 Å². The molecule has 0 unspecified atom stereocenters. The molecule has 0 saturated carbocycles. The van der Waals surface area contributed by atoms with Crippen molar-refractivity contribution in [1.82, 2.24) is 4.98 Å². The second kappa shape index (κ2) is 4.59. The van der Waals surface area contributed by atoms with E-state index in [0.29, 0.717) is 22.8 Å². The predicted molar refractivity (Wildman–Crippen MR) is 77.6 cm³/mol. The third kappa shape index (κ3) is 2.15. The van der Waals surface area contributed by atoms with Gasteiger partial charge in [-0.15, -0.1) is 0 Å². The Kier molecular flexibility index (Phi) is 2.77. The molecule has 0 aliphatic rings. The van der Waals surface area contributed by atoms with Crippen molar-refractivity contribution < 1.29 is 4.42 Å². The molecule has 0 radical (unpaired) electrons. The topological polar surface area (TPSA) is 87.9 Å². The van der Waals surface area contributed by atoms with E-state index in [-0.39, 0.29) is 0 Å². The summed E-state index contributed by atoms with van der Waals surface area (Å²) in [6, 6.07) is 12.8. The summed E-state index contributed by atoms with van der Waals surface area (Å²) in [5.41, 5.74) is 10.1. The minimum absolute atomic E-state index is 0.556. The minimum atomic E-state index is 0.556. The van der Waals surface area contributed by atoms with Gasteiger partial charge in [0.1, 0.15) is 5.52 Å². The minimum Gasteiger partial charge on any atom is -0.441 e. The van der Waals surface area contributed by atoms with Gasteiger partial charge in [-0.3, -0.25) is 0 Å². The van der Waals surface area contributed by atoms with E-state index in [1.54, 1.807) is 18.2 Å². The van der Waals surface area contributed by atoms with Gasteiger partial charge in [-0.05, 0) is 36.4 Å². The summed E-state index contributed by atoms with van der Waals surface area (Å²) in [6.07, 6.45) is 0. The second-order valence-corrected chi connectivity index (χ2v) is 4.45. The fraction of sp³-hybridized carbons (Fsp3) is 0.0667. The number of oxazole rings is 1. The highest BCUT2D eigenvalue weighted by atomic mass is 16.3. The first-order valence-electron chi connectivity index (χ1n) is 6.09. The SMILES string of the molecule is Cc1nc2cc(Nc3cc(C#N)ccc3N)ccc2o1. The quantitative estimate of drug-likeness (QED) is 0.693. The molecule has 0 spiro atoms. The Morgan fingerprint density at radius 1 is 1.25 bits per heavy atom. The van der Waals surface area contributed by atoms with Crippen LogP contribution in [0.25, 0.3) is 11.1 Å². The van der Waals surface area contributed by atoms with Gasteiger partial charge in [-0.25, -0.2) is 4.98 Å². The molecule has 5 heteroatoms. The Morgan fingerprint density at radius 3 is 2.90 bits per heavy atom. The largest absolute Gasteiger partial charge is 0.441 e. The lowest BCUT2D eigenvalue weighted by molar-refractivity contribution is 0.561. The number of aromatic nitrogens is 1. The summed E-state index contributed by atoms with van der Waals surface area (Å²) in [5, 5.41) is 12.1. The first-order valence-corrected chi connectivity index (χ1v) is 6.09. The number of aryl methyl sites for hydroxylation is 1. The van der Waals surface area contributed by atoms with Gasteiger partial charge in [0.2, 0.25) is 0 Å². The van der Waals surface area contributed by atoms with Crippen molar-refractivity contribution in [2.24, 2.45) is 0 Å². The zero-order chi connectivity index (χ0) is 14.1. The zero-order valence-electron chi connectivity index (χ0n) is 10.8. The lowest BCUT2D eigenvalue weighted by atomic mass is 10.2. The maximum atomic E-state index is 8.92. The molecule has 98 valence electrons. The lowest BCUT2D eigenvalue weighted by Crippen LogP contribution is -1.96. The number of nitrogens with two attached hydrogens (primary N) is 1. The maximum Gasteiger partial charge on any atom is 0.192 e. The van der Waals surface area contributed by atoms with Crippen LogP contribution in [-0.2, 0) is 0 Å². The monoisotopic (exact) mass is 264 g/mol. The molecule has 0 bridgehead atoms. The first-order chi connectivity index (χ1) is 9.65. The molecule has 20 heavy (non-hydrogen) atoms. The summed E-state index contributed by atoms with van der Waals surface area (Å²) in [6.45, 7) is 1.81. The van der Waals surface area contributed by atoms with Gasteiger partial charge in [-0.1, -0.05) is 0 Å². The number of nitrogens with zero attached hydrogens (tertiary/aromatic N) is 2. The van der Waals surface area contributed by atoms with Gasteiger partial charge in [0.15, 0.2) is 11.5 Å². The highest BCUT2D eigenvalue weighted by molar-refractivity contribution is 5.81. The fourth-order valence-electron chi connectivity index (χ4n) is 2.01. The van der Waals surface area contributed by atoms with Crippen molar-refractivity contribution in [1.29, 1.82) is 5.26 Å². The van der Waals surface area contributed by atoms with Gasteiger partial charge in [0.05, 0.1) is 23.0 Å². The number of hydrogen-bond acceptors (Lipinski definition) is 5. The van der Waals surface area contributed by atoms with Crippen molar-refractivity contribution in [2.45, 2.75) is 6.92 Å². The molecule has 0 aliphatic heterocycles. The van der Waals surface area contributed by atoms with E-state index in [9.17, 15) is 0 Å². The number of nitriles is 1. The Labute approximate surface area is 115 Å². The Hall–Kier alpha value is -3.00. The molecule has 3 N–H and O–H groups in total. The summed E-state index contributed by atoms with van der Waals surface area (Å²) in [7, 11) is 0. The number of nitrogens with one attached hydrogen (secondary N) is 1. The molecule has 0 fully saturated rings. The van der Waals surface area contributed by atoms with Crippen LogP contribution in [0.15, 0.2) is 40.8 Å². The number of benzene rings is 2. The number of fused-ring (bicyclic) bond motifs is 1. The maximum absolute atomic E-state index is 8.92. The molecule has 0 aliphatic carbocycles. The normalized spacial score (nSPS) is 10.4. The third-order valence-corrected chi connectivity index (χ3v) is 2.96. The van der Waals surface area contributed by atoms with Gasteiger partial charge in [0, 0.05) is 12.6 Å². The smallest absolute Gasteiger partial charge is 0.192 e. The van der Waals surface area contributed by atoms with E-state index >= 15 is 0 Å². The van der Waals surface area contributed by atoms with Crippen LogP contribution in [0.1, 0.15) is 11.5 Å². The van der Waals surface area contributed by atoms with Gasteiger partial charge in [0.25, 0.3) is 0 Å². The highest BCUT2D eigenvalue weighted by Gasteiger charge is 2.05. The number of anilines is 3. The van der Waals surface area contributed by atoms with E-state index in [0.717, 1.165) is 16.8 Å². The molecule has 3 aromatic rings. The summed E-state index contributed by atoms with van der Waals surface area (Å²) in [5.74, 6) is 0.628. The highest BCUT2D eigenvalue weighted by Crippen LogP contribution is 2.26. The van der Waals surface area contributed by atoms with E-state index in [1.165, 1.54) is 0 Å². The van der Waals surface area contributed by atoms with Crippen molar-refractivity contribution in [3.05, 3.63) is 47.9 Å². The Bertz CT molecular complexity index is 829. The number of hydrogen-bond donors (Lipinski definition) is 2. The molecule has 3 rings (SSSR count). The van der Waals surface area contributed by atoms with Crippen LogP contribution in [0, 0.1) is 18.3 Å². The fourth-order valence-corrected chi connectivity index (χ4v) is 2.01. The average molecular weight is 264 g/mol. The molecule has 5 nitrogen and oxygen atoms in total. The van der Waals surface area contributed by atoms with E-state index < -0.39 is 0 Å². The van der Waals surface area contributed by atoms with Crippen LogP contribution >= 0.6 is 0 Å². The molecule has 0 saturated heterocycles. The van der Waals surface area contributed by atoms with Crippen LogP contribution < -0.4 is 11.1 Å². The van der Waals surface area contributed by atoms with Crippen molar-refractivity contribution in [2.75, 3.05) is 11.1 Å². The molecular formula is C15H12N4O. The number of rotatable bonds is 2. The summed E-state index contributed by atoms with van der Waals surface area (Å²) >= 11 is 0. The molecule has 0 amide bonds. The molecule has 1 aromatic heterocycles. The van der Waals surface area contributed by atoms with Crippen molar-refractivity contribution >= 4 is 28.2 Å². The molecule has 2 aromatic carbocycles. The Balaban J connectivity index is 1.98. The van der Waals surface area contributed by atoms with E-state index in [2.05, 4.69) is 16.4 Å². The Morgan fingerprint density at radius 2 is 2.10 bits per heavy atom. The number of nitrogen functional groups attached to an aromatic ring is 1. The summed E-state index contributed by atoms with van der Waals surface area (Å²) < 4.78 is 5.43. The third-order valence-electron chi connectivity index (χ3n) is 2.96. The van der Waals surface area contributed by atoms with Crippen LogP contribution in [0.5, 0.6) is 0 Å². The van der Waals surface area contributed by atoms with Crippen molar-refractivity contribution in [3.63, 3.8) is 0 Å². The van der Waals surface area contributed by atoms with Gasteiger partial charge < -0.3 is 15.5 Å². The molecule has 0 atom stereocenters.